The first-order valence-electron chi connectivity index (χ1n) is 3.81. The molecule has 0 rings (SSSR count). The van der Waals surface area contributed by atoms with Gasteiger partial charge in [0.25, 0.3) is 0 Å². The average Bonchev–Trinajstić information content (AvgIpc) is 2.06. The minimum Gasteiger partial charge on any atom is -0.477 e. The van der Waals surface area contributed by atoms with Gasteiger partial charge in [0.15, 0.2) is 0 Å². The van der Waals surface area contributed by atoms with E-state index in [1.807, 2.05) is 13.8 Å². The van der Waals surface area contributed by atoms with Crippen molar-refractivity contribution in [2.75, 3.05) is 13.2 Å². The molecule has 0 bridgehead atoms. The molecule has 0 saturated heterocycles. The lowest BCUT2D eigenvalue weighted by molar-refractivity contribution is -0.213. The van der Waals surface area contributed by atoms with Crippen molar-refractivity contribution in [2.24, 2.45) is 0 Å². The summed E-state index contributed by atoms with van der Waals surface area (Å²) in [5, 5.41) is 15.2. The smallest absolute Gasteiger partial charge is 0.375 e. The molecule has 0 aromatic heterocycles. The molecular formula is C7H14ClF3O4. The number of hydrogen-bond acceptors (Lipinski definition) is 3. The second kappa shape index (κ2) is 10.0. The summed E-state index contributed by atoms with van der Waals surface area (Å²) in [6, 6.07) is 0. The highest BCUT2D eigenvalue weighted by atomic mass is 35.5. The monoisotopic (exact) mass is 254 g/mol. The number of rotatable bonds is 4. The largest absolute Gasteiger partial charge is 0.477 e. The highest BCUT2D eigenvalue weighted by Crippen LogP contribution is 2.16. The van der Waals surface area contributed by atoms with E-state index in [1.54, 1.807) is 0 Å². The third-order valence-corrected chi connectivity index (χ3v) is 0.997. The standard InChI is InChI=1S/C4H10O.C3H3F3O3.ClH/c1-3-5-4-2;4-1(5)3(6,9)2(7)8;/h3-4H2,1-2H3;1,9H,(H,7,8);1H. The lowest BCUT2D eigenvalue weighted by Crippen LogP contribution is -2.40. The molecule has 4 nitrogen and oxygen atoms in total. The van der Waals surface area contributed by atoms with Gasteiger partial charge < -0.3 is 14.9 Å². The maximum absolute atomic E-state index is 11.5. The van der Waals surface area contributed by atoms with E-state index in [0.29, 0.717) is 0 Å². The third kappa shape index (κ3) is 9.77. The van der Waals surface area contributed by atoms with Gasteiger partial charge in [0.1, 0.15) is 0 Å². The molecule has 0 aliphatic carbocycles. The maximum Gasteiger partial charge on any atom is 0.375 e. The van der Waals surface area contributed by atoms with E-state index in [2.05, 4.69) is 0 Å². The minimum absolute atomic E-state index is 0. The number of alkyl halides is 3. The Kier molecular flexibility index (Phi) is 13.3. The van der Waals surface area contributed by atoms with Crippen LogP contribution in [0.15, 0.2) is 0 Å². The summed E-state index contributed by atoms with van der Waals surface area (Å²) in [4.78, 5) is 9.36. The fourth-order valence-corrected chi connectivity index (χ4v) is 0.297. The number of carbonyl (C=O) groups is 1. The molecule has 0 aliphatic heterocycles. The van der Waals surface area contributed by atoms with Crippen LogP contribution in [0.1, 0.15) is 13.8 Å². The van der Waals surface area contributed by atoms with Crippen molar-refractivity contribution >= 4 is 18.4 Å². The summed E-state index contributed by atoms with van der Waals surface area (Å²) in [5.74, 6) is -7.00. The zero-order valence-corrected chi connectivity index (χ0v) is 9.06. The first-order chi connectivity index (χ1) is 6.30. The lowest BCUT2D eigenvalue weighted by Gasteiger charge is -2.10. The minimum atomic E-state index is -4.42. The predicted molar refractivity (Wildman–Crippen MR) is 49.1 cm³/mol. The van der Waals surface area contributed by atoms with E-state index in [9.17, 15) is 18.0 Å². The number of halogens is 4. The van der Waals surface area contributed by atoms with Crippen LogP contribution in [-0.2, 0) is 9.53 Å². The molecule has 8 heteroatoms. The van der Waals surface area contributed by atoms with Crippen molar-refractivity contribution in [3.05, 3.63) is 0 Å². The molecule has 0 spiro atoms. The van der Waals surface area contributed by atoms with Gasteiger partial charge in [-0.2, -0.15) is 4.39 Å². The Morgan fingerprint density at radius 3 is 1.73 bits per heavy atom. The Balaban J connectivity index is -0.000000208. The van der Waals surface area contributed by atoms with Gasteiger partial charge in [-0.3, -0.25) is 0 Å². The van der Waals surface area contributed by atoms with Crippen molar-refractivity contribution in [3.63, 3.8) is 0 Å². The second-order valence-electron chi connectivity index (χ2n) is 2.06. The molecule has 0 saturated carbocycles. The van der Waals surface area contributed by atoms with Crippen molar-refractivity contribution in [1.82, 2.24) is 0 Å². The first-order valence-corrected chi connectivity index (χ1v) is 3.81. The highest BCUT2D eigenvalue weighted by Gasteiger charge is 2.46. The van der Waals surface area contributed by atoms with Crippen LogP contribution in [0, 0.1) is 0 Å². The van der Waals surface area contributed by atoms with E-state index in [4.69, 9.17) is 14.9 Å². The van der Waals surface area contributed by atoms with E-state index in [-0.39, 0.29) is 12.4 Å². The van der Waals surface area contributed by atoms with Crippen LogP contribution in [-0.4, -0.2) is 41.7 Å². The van der Waals surface area contributed by atoms with Crippen LogP contribution in [0.4, 0.5) is 13.2 Å². The summed E-state index contributed by atoms with van der Waals surface area (Å²) < 4.78 is 38.5. The van der Waals surface area contributed by atoms with Gasteiger partial charge in [-0.15, -0.1) is 12.4 Å². The van der Waals surface area contributed by atoms with Crippen LogP contribution in [0.5, 0.6) is 0 Å². The van der Waals surface area contributed by atoms with E-state index < -0.39 is 18.2 Å². The molecule has 0 aliphatic rings. The third-order valence-electron chi connectivity index (χ3n) is 0.997. The Labute approximate surface area is 91.4 Å². The number of hydrogen-bond donors (Lipinski definition) is 2. The number of carboxylic acids is 1. The number of ether oxygens (including phenoxy) is 1. The van der Waals surface area contributed by atoms with Crippen LogP contribution >= 0.6 is 12.4 Å². The van der Waals surface area contributed by atoms with Crippen molar-refractivity contribution < 1.29 is 32.9 Å². The average molecular weight is 255 g/mol. The van der Waals surface area contributed by atoms with Gasteiger partial charge >= 0.3 is 18.2 Å². The maximum atomic E-state index is 11.5. The fraction of sp³-hybridized carbons (Fsp3) is 0.857. The van der Waals surface area contributed by atoms with Gasteiger partial charge in [0.2, 0.25) is 0 Å². The second-order valence-corrected chi connectivity index (χ2v) is 2.06. The molecule has 0 fully saturated rings. The summed E-state index contributed by atoms with van der Waals surface area (Å²) >= 11 is 0. The summed E-state index contributed by atoms with van der Waals surface area (Å²) in [6.45, 7) is 5.67. The van der Waals surface area contributed by atoms with Gasteiger partial charge in [-0.25, -0.2) is 13.6 Å². The Bertz CT molecular complexity index is 164. The zero-order chi connectivity index (χ0) is 11.8. The Morgan fingerprint density at radius 2 is 1.73 bits per heavy atom. The summed E-state index contributed by atoms with van der Waals surface area (Å²) in [5.41, 5.74) is 0. The van der Waals surface area contributed by atoms with Gasteiger partial charge in [-0.05, 0) is 13.8 Å². The first kappa shape index (κ1) is 20.0. The van der Waals surface area contributed by atoms with Gasteiger partial charge in [0.05, 0.1) is 0 Å². The molecule has 0 amide bonds. The van der Waals surface area contributed by atoms with Gasteiger partial charge in [0, 0.05) is 13.2 Å². The predicted octanol–water partition coefficient (Wildman–Crippen LogP) is 1.46. The molecule has 0 aromatic rings. The SMILES string of the molecule is CCOCC.Cl.O=C(O)C(O)(F)C(F)F. The molecule has 0 radical (unpaired) electrons. The summed E-state index contributed by atoms with van der Waals surface area (Å²) in [7, 11) is 0. The number of aliphatic hydroxyl groups is 1. The number of carboxylic acid groups (broad SMARTS) is 1. The van der Waals surface area contributed by atoms with E-state index in [0.717, 1.165) is 13.2 Å². The molecule has 2 N–H and O–H groups in total. The zero-order valence-electron chi connectivity index (χ0n) is 8.24. The van der Waals surface area contributed by atoms with Crippen LogP contribution in [0.2, 0.25) is 0 Å². The molecular weight excluding hydrogens is 241 g/mol. The molecule has 94 valence electrons. The normalized spacial score (nSPS) is 13.3. The van der Waals surface area contributed by atoms with E-state index in [1.165, 1.54) is 0 Å². The number of aliphatic carboxylic acids is 1. The Morgan fingerprint density at radius 1 is 1.40 bits per heavy atom. The molecule has 0 heterocycles. The quantitative estimate of drug-likeness (QED) is 0.797. The molecule has 15 heavy (non-hydrogen) atoms. The lowest BCUT2D eigenvalue weighted by atomic mass is 10.3. The van der Waals surface area contributed by atoms with E-state index >= 15 is 0 Å². The Hall–Kier alpha value is -0.530. The van der Waals surface area contributed by atoms with Crippen molar-refractivity contribution in [2.45, 2.75) is 26.1 Å². The van der Waals surface area contributed by atoms with Crippen molar-refractivity contribution in [1.29, 1.82) is 0 Å². The van der Waals surface area contributed by atoms with Crippen molar-refractivity contribution in [3.8, 4) is 0 Å². The summed E-state index contributed by atoms with van der Waals surface area (Å²) in [6.07, 6.45) is -3.92. The van der Waals surface area contributed by atoms with Crippen LogP contribution in [0.25, 0.3) is 0 Å². The molecule has 0 aromatic carbocycles. The topological polar surface area (TPSA) is 66.8 Å². The van der Waals surface area contributed by atoms with Crippen LogP contribution < -0.4 is 0 Å². The fourth-order valence-electron chi connectivity index (χ4n) is 0.297. The highest BCUT2D eigenvalue weighted by molar-refractivity contribution is 5.85. The molecule has 1 unspecified atom stereocenters. The van der Waals surface area contributed by atoms with Gasteiger partial charge in [-0.1, -0.05) is 0 Å². The van der Waals surface area contributed by atoms with Crippen LogP contribution in [0.3, 0.4) is 0 Å². The molecule has 1 atom stereocenters.